The van der Waals surface area contributed by atoms with Crippen LogP contribution in [0.25, 0.3) is 0 Å². The van der Waals surface area contributed by atoms with Crippen LogP contribution in [0.3, 0.4) is 0 Å². The summed E-state index contributed by atoms with van der Waals surface area (Å²) in [5.74, 6) is -0.460. The summed E-state index contributed by atoms with van der Waals surface area (Å²) in [6, 6.07) is 11.7. The van der Waals surface area contributed by atoms with Crippen LogP contribution < -0.4 is 10.1 Å². The molecule has 2 rings (SSSR count). The minimum Gasteiger partial charge on any atom is -0.492 e. The third kappa shape index (κ3) is 4.20. The van der Waals surface area contributed by atoms with Gasteiger partial charge in [-0.25, -0.2) is 4.39 Å². The van der Waals surface area contributed by atoms with Crippen molar-refractivity contribution in [2.75, 3.05) is 13.2 Å². The summed E-state index contributed by atoms with van der Waals surface area (Å²) < 4.78 is 19.0. The van der Waals surface area contributed by atoms with Gasteiger partial charge in [-0.15, -0.1) is 0 Å². The Labute approximate surface area is 127 Å². The number of carbonyl (C=O) groups is 1. The van der Waals surface area contributed by atoms with E-state index in [1.165, 1.54) is 18.2 Å². The summed E-state index contributed by atoms with van der Waals surface area (Å²) in [4.78, 5) is 11.9. The van der Waals surface area contributed by atoms with Gasteiger partial charge in [0.05, 0.1) is 17.1 Å². The van der Waals surface area contributed by atoms with Crippen molar-refractivity contribution in [1.82, 2.24) is 5.32 Å². The number of hydrogen-bond acceptors (Lipinski definition) is 2. The second-order valence-electron chi connectivity index (χ2n) is 4.52. The molecule has 3 nitrogen and oxygen atoms in total. The highest BCUT2D eigenvalue weighted by Crippen LogP contribution is 2.18. The van der Waals surface area contributed by atoms with Gasteiger partial charge in [0, 0.05) is 0 Å². The Morgan fingerprint density at radius 1 is 1.29 bits per heavy atom. The van der Waals surface area contributed by atoms with Gasteiger partial charge in [-0.2, -0.15) is 0 Å². The Bertz CT molecular complexity index is 626. The number of halogens is 2. The fraction of sp³-hybridized carbons (Fsp3) is 0.188. The van der Waals surface area contributed by atoms with Crippen LogP contribution in [-0.4, -0.2) is 19.1 Å². The molecule has 0 aromatic heterocycles. The number of aryl methyl sites for hydroxylation is 1. The molecule has 1 amide bonds. The number of benzene rings is 2. The second-order valence-corrected chi connectivity index (χ2v) is 4.92. The average molecular weight is 308 g/mol. The molecule has 0 saturated heterocycles. The van der Waals surface area contributed by atoms with Crippen molar-refractivity contribution in [2.45, 2.75) is 6.92 Å². The molecule has 0 aliphatic rings. The molecule has 2 aromatic carbocycles. The highest BCUT2D eigenvalue weighted by molar-refractivity contribution is 6.33. The van der Waals surface area contributed by atoms with Gasteiger partial charge in [0.15, 0.2) is 0 Å². The molecule has 0 bridgehead atoms. The number of ether oxygens (including phenoxy) is 1. The van der Waals surface area contributed by atoms with Crippen LogP contribution >= 0.6 is 11.6 Å². The van der Waals surface area contributed by atoms with Gasteiger partial charge in [0.2, 0.25) is 0 Å². The number of nitrogens with one attached hydrogen (secondary N) is 1. The number of rotatable bonds is 5. The Hall–Kier alpha value is -2.07. The van der Waals surface area contributed by atoms with E-state index in [0.717, 1.165) is 11.3 Å². The minimum atomic E-state index is -0.639. The zero-order chi connectivity index (χ0) is 15.2. The van der Waals surface area contributed by atoms with E-state index in [2.05, 4.69) is 5.32 Å². The zero-order valence-corrected chi connectivity index (χ0v) is 12.3. The first-order valence-electron chi connectivity index (χ1n) is 6.49. The number of carbonyl (C=O) groups excluding carboxylic acids is 1. The third-order valence-corrected chi connectivity index (χ3v) is 3.15. The highest BCUT2D eigenvalue weighted by atomic mass is 35.5. The molecular formula is C16H15ClFNO2. The van der Waals surface area contributed by atoms with Crippen molar-refractivity contribution < 1.29 is 13.9 Å². The molecule has 0 aliphatic heterocycles. The molecule has 0 saturated carbocycles. The van der Waals surface area contributed by atoms with Crippen LogP contribution in [0.15, 0.2) is 42.5 Å². The molecule has 1 N–H and O–H groups in total. The van der Waals surface area contributed by atoms with E-state index in [1.54, 1.807) is 0 Å². The Morgan fingerprint density at radius 2 is 2.05 bits per heavy atom. The lowest BCUT2D eigenvalue weighted by atomic mass is 10.2. The molecule has 0 spiro atoms. The van der Waals surface area contributed by atoms with Crippen molar-refractivity contribution in [3.8, 4) is 5.75 Å². The summed E-state index contributed by atoms with van der Waals surface area (Å²) in [5.41, 5.74) is 0.949. The summed E-state index contributed by atoms with van der Waals surface area (Å²) in [5, 5.41) is 2.67. The Morgan fingerprint density at radius 3 is 2.76 bits per heavy atom. The van der Waals surface area contributed by atoms with E-state index in [9.17, 15) is 9.18 Å². The van der Waals surface area contributed by atoms with Crippen LogP contribution in [0.1, 0.15) is 15.9 Å². The molecule has 0 fully saturated rings. The van der Waals surface area contributed by atoms with Gasteiger partial charge in [-0.05, 0) is 36.8 Å². The topological polar surface area (TPSA) is 38.3 Å². The molecular weight excluding hydrogens is 293 g/mol. The van der Waals surface area contributed by atoms with Crippen molar-refractivity contribution in [3.63, 3.8) is 0 Å². The standard InChI is InChI=1S/C16H15ClFNO2/c1-11-4-2-5-12(10-11)21-9-8-19-16(20)15-13(17)6-3-7-14(15)18/h2-7,10H,8-9H2,1H3,(H,19,20). The van der Waals surface area contributed by atoms with Gasteiger partial charge >= 0.3 is 0 Å². The molecule has 0 radical (unpaired) electrons. The normalized spacial score (nSPS) is 10.2. The highest BCUT2D eigenvalue weighted by Gasteiger charge is 2.14. The van der Waals surface area contributed by atoms with Crippen LogP contribution in [-0.2, 0) is 0 Å². The fourth-order valence-electron chi connectivity index (χ4n) is 1.84. The van der Waals surface area contributed by atoms with E-state index in [0.29, 0.717) is 6.61 Å². The van der Waals surface area contributed by atoms with Crippen molar-refractivity contribution in [2.24, 2.45) is 0 Å². The molecule has 0 unspecified atom stereocenters. The number of amides is 1. The van der Waals surface area contributed by atoms with Gasteiger partial charge in [0.1, 0.15) is 18.2 Å². The second kappa shape index (κ2) is 7.09. The van der Waals surface area contributed by atoms with Crippen LogP contribution in [0.5, 0.6) is 5.75 Å². The van der Waals surface area contributed by atoms with E-state index in [1.807, 2.05) is 31.2 Å². The van der Waals surface area contributed by atoms with E-state index in [-0.39, 0.29) is 17.1 Å². The minimum absolute atomic E-state index is 0.0899. The molecule has 2 aromatic rings. The lowest BCUT2D eigenvalue weighted by Crippen LogP contribution is -2.29. The maximum atomic E-state index is 13.5. The van der Waals surface area contributed by atoms with Crippen molar-refractivity contribution in [3.05, 3.63) is 64.4 Å². The Kier molecular flexibility index (Phi) is 5.17. The average Bonchev–Trinajstić information content (AvgIpc) is 2.43. The van der Waals surface area contributed by atoms with E-state index < -0.39 is 11.7 Å². The van der Waals surface area contributed by atoms with Crippen LogP contribution in [0.4, 0.5) is 4.39 Å². The van der Waals surface area contributed by atoms with Crippen LogP contribution in [0, 0.1) is 12.7 Å². The van der Waals surface area contributed by atoms with Crippen LogP contribution in [0.2, 0.25) is 5.02 Å². The molecule has 0 atom stereocenters. The maximum Gasteiger partial charge on any atom is 0.255 e. The number of hydrogen-bond donors (Lipinski definition) is 1. The smallest absolute Gasteiger partial charge is 0.255 e. The van der Waals surface area contributed by atoms with Crippen molar-refractivity contribution in [1.29, 1.82) is 0 Å². The maximum absolute atomic E-state index is 13.5. The summed E-state index contributed by atoms with van der Waals surface area (Å²) >= 11 is 5.82. The monoisotopic (exact) mass is 307 g/mol. The quantitative estimate of drug-likeness (QED) is 0.857. The van der Waals surface area contributed by atoms with Gasteiger partial charge < -0.3 is 10.1 Å². The molecule has 110 valence electrons. The predicted molar refractivity (Wildman–Crippen MR) is 80.4 cm³/mol. The fourth-order valence-corrected chi connectivity index (χ4v) is 2.09. The molecule has 0 heterocycles. The van der Waals surface area contributed by atoms with E-state index >= 15 is 0 Å². The largest absolute Gasteiger partial charge is 0.492 e. The molecule has 5 heteroatoms. The SMILES string of the molecule is Cc1cccc(OCCNC(=O)c2c(F)cccc2Cl)c1. The first-order chi connectivity index (χ1) is 10.1. The lowest BCUT2D eigenvalue weighted by Gasteiger charge is -2.09. The molecule has 21 heavy (non-hydrogen) atoms. The lowest BCUT2D eigenvalue weighted by molar-refractivity contribution is 0.0943. The van der Waals surface area contributed by atoms with Crippen molar-refractivity contribution >= 4 is 17.5 Å². The predicted octanol–water partition coefficient (Wildman–Crippen LogP) is 3.60. The Balaban J connectivity index is 1.85. The first-order valence-corrected chi connectivity index (χ1v) is 6.87. The van der Waals surface area contributed by atoms with Gasteiger partial charge in [-0.1, -0.05) is 29.8 Å². The zero-order valence-electron chi connectivity index (χ0n) is 11.5. The van der Waals surface area contributed by atoms with E-state index in [4.69, 9.17) is 16.3 Å². The summed E-state index contributed by atoms with van der Waals surface area (Å²) in [6.07, 6.45) is 0. The first kappa shape index (κ1) is 15.3. The molecule has 0 aliphatic carbocycles. The van der Waals surface area contributed by atoms with Gasteiger partial charge in [0.25, 0.3) is 5.91 Å². The summed E-state index contributed by atoms with van der Waals surface area (Å²) in [7, 11) is 0. The van der Waals surface area contributed by atoms with Gasteiger partial charge in [-0.3, -0.25) is 4.79 Å². The third-order valence-electron chi connectivity index (χ3n) is 2.84. The summed E-state index contributed by atoms with van der Waals surface area (Å²) in [6.45, 7) is 2.52.